The van der Waals surface area contributed by atoms with E-state index < -0.39 is 20.7 Å². The molecule has 1 heterocycles. The lowest BCUT2D eigenvalue weighted by molar-refractivity contribution is -0.384. The van der Waals surface area contributed by atoms with E-state index in [4.69, 9.17) is 18.9 Å². The van der Waals surface area contributed by atoms with Crippen LogP contribution in [0.4, 0.5) is 5.69 Å². The van der Waals surface area contributed by atoms with E-state index in [2.05, 4.69) is 5.10 Å². The summed E-state index contributed by atoms with van der Waals surface area (Å²) in [4.78, 5) is 23.2. The fraction of sp³-hybridized carbons (Fsp3) is 0.154. The van der Waals surface area contributed by atoms with Gasteiger partial charge in [0.1, 0.15) is 0 Å². The number of hydrogen-bond acceptors (Lipinski definition) is 10. The average molecular weight is 554 g/mol. The Kier molecular flexibility index (Phi) is 7.54. The largest absolute Gasteiger partial charge is 0.493 e. The minimum Gasteiger partial charge on any atom is -0.493 e. The molecule has 13 heteroatoms. The van der Waals surface area contributed by atoms with Gasteiger partial charge in [-0.1, -0.05) is 18.2 Å². The minimum atomic E-state index is -4.35. The number of sulfone groups is 1. The molecular weight excluding hydrogens is 530 g/mol. The minimum absolute atomic E-state index is 0.0124. The highest BCUT2D eigenvalue weighted by atomic mass is 32.2. The van der Waals surface area contributed by atoms with Gasteiger partial charge in [-0.2, -0.15) is 9.78 Å². The van der Waals surface area contributed by atoms with Crippen LogP contribution in [0.1, 0.15) is 16.1 Å². The highest BCUT2D eigenvalue weighted by Gasteiger charge is 2.33. The smallest absolute Gasteiger partial charge is 0.345 e. The van der Waals surface area contributed by atoms with Crippen molar-refractivity contribution in [1.29, 1.82) is 0 Å². The van der Waals surface area contributed by atoms with Crippen molar-refractivity contribution in [3.05, 3.63) is 88.1 Å². The van der Waals surface area contributed by atoms with Crippen LogP contribution in [0.25, 0.3) is 5.69 Å². The normalized spacial score (nSPS) is 11.1. The van der Waals surface area contributed by atoms with Crippen molar-refractivity contribution in [2.75, 3.05) is 21.3 Å². The maximum absolute atomic E-state index is 13.7. The van der Waals surface area contributed by atoms with Crippen molar-refractivity contribution in [1.82, 2.24) is 9.78 Å². The molecule has 0 aliphatic heterocycles. The van der Waals surface area contributed by atoms with Gasteiger partial charge < -0.3 is 18.9 Å². The maximum atomic E-state index is 13.7. The molecule has 0 radical (unpaired) electrons. The van der Waals surface area contributed by atoms with E-state index in [-0.39, 0.29) is 49.9 Å². The number of hydrogen-bond donors (Lipinski definition) is 0. The quantitative estimate of drug-likeness (QED) is 0.168. The molecule has 0 atom stereocenters. The summed E-state index contributed by atoms with van der Waals surface area (Å²) >= 11 is 0. The number of aryl methyl sites for hydroxylation is 1. The molecule has 0 saturated carbocycles. The second-order valence-electron chi connectivity index (χ2n) is 8.03. The van der Waals surface area contributed by atoms with E-state index in [9.17, 15) is 23.3 Å². The Bertz CT molecular complexity index is 1620. The van der Waals surface area contributed by atoms with Crippen LogP contribution < -0.4 is 18.9 Å². The van der Waals surface area contributed by atoms with Crippen LogP contribution in [0.2, 0.25) is 0 Å². The summed E-state index contributed by atoms with van der Waals surface area (Å²) in [7, 11) is -0.167. The van der Waals surface area contributed by atoms with Crippen LogP contribution in [0.5, 0.6) is 23.1 Å². The number of benzene rings is 3. The van der Waals surface area contributed by atoms with Gasteiger partial charge in [0, 0.05) is 12.1 Å². The van der Waals surface area contributed by atoms with Gasteiger partial charge in [-0.3, -0.25) is 10.1 Å². The predicted molar refractivity (Wildman–Crippen MR) is 138 cm³/mol. The van der Waals surface area contributed by atoms with E-state index in [1.54, 1.807) is 30.3 Å². The Hall–Kier alpha value is -4.91. The average Bonchev–Trinajstić information content (AvgIpc) is 3.28. The Morgan fingerprint density at radius 2 is 1.51 bits per heavy atom. The molecule has 12 nitrogen and oxygen atoms in total. The second kappa shape index (κ2) is 10.8. The molecule has 0 amide bonds. The van der Waals surface area contributed by atoms with Crippen molar-refractivity contribution in [2.45, 2.75) is 16.7 Å². The molecule has 0 fully saturated rings. The summed E-state index contributed by atoms with van der Waals surface area (Å²) in [6.07, 6.45) is 0. The molecule has 0 unspecified atom stereocenters. The highest BCUT2D eigenvalue weighted by Crippen LogP contribution is 2.39. The monoisotopic (exact) mass is 553 g/mol. The van der Waals surface area contributed by atoms with E-state index in [1.165, 1.54) is 45.1 Å². The van der Waals surface area contributed by atoms with E-state index in [0.717, 1.165) is 24.3 Å². The molecule has 1 aromatic heterocycles. The number of carbonyl (C=O) groups excluding carboxylic acids is 1. The highest BCUT2D eigenvalue weighted by molar-refractivity contribution is 7.91. The first-order chi connectivity index (χ1) is 18.6. The number of rotatable bonds is 9. The van der Waals surface area contributed by atoms with Crippen LogP contribution in [-0.2, 0) is 9.84 Å². The van der Waals surface area contributed by atoms with E-state index >= 15 is 0 Å². The van der Waals surface area contributed by atoms with Gasteiger partial charge in [0.2, 0.25) is 21.5 Å². The summed E-state index contributed by atoms with van der Waals surface area (Å²) in [5.41, 5.74) is 0.185. The number of nitro benzene ring substituents is 1. The second-order valence-corrected chi connectivity index (χ2v) is 9.91. The molecular formula is C26H23N3O9S. The molecule has 202 valence electrons. The zero-order valence-electron chi connectivity index (χ0n) is 21.3. The van der Waals surface area contributed by atoms with Gasteiger partial charge in [-0.25, -0.2) is 13.2 Å². The van der Waals surface area contributed by atoms with Gasteiger partial charge in [0.05, 0.1) is 48.1 Å². The molecule has 0 N–H and O–H groups in total. The third-order valence-electron chi connectivity index (χ3n) is 5.68. The third kappa shape index (κ3) is 5.11. The number of aromatic nitrogens is 2. The van der Waals surface area contributed by atoms with Gasteiger partial charge in [0.25, 0.3) is 5.69 Å². The standard InChI is InChI=1S/C26H23N3O9S/c1-16-24(39(33,34)20-12-10-19(11-13-20)29(31)32)25(28(27-16)18-8-6-5-7-9-18)38-26(30)17-14-21(35-2)23(37-4)22(15-17)36-3/h5-15H,1-4H3. The van der Waals surface area contributed by atoms with Gasteiger partial charge in [-0.15, -0.1) is 0 Å². The molecule has 0 aliphatic rings. The Morgan fingerprint density at radius 3 is 2.03 bits per heavy atom. The maximum Gasteiger partial charge on any atom is 0.345 e. The fourth-order valence-electron chi connectivity index (χ4n) is 3.85. The number of esters is 1. The van der Waals surface area contributed by atoms with Crippen molar-refractivity contribution in [2.24, 2.45) is 0 Å². The number of nitrogens with zero attached hydrogens (tertiary/aromatic N) is 3. The van der Waals surface area contributed by atoms with Crippen LogP contribution >= 0.6 is 0 Å². The number of methoxy groups -OCH3 is 3. The fourth-order valence-corrected chi connectivity index (χ4v) is 5.36. The lowest BCUT2D eigenvalue weighted by atomic mass is 10.2. The number of nitro groups is 1. The zero-order chi connectivity index (χ0) is 28.3. The predicted octanol–water partition coefficient (Wildman–Crippen LogP) is 4.17. The number of ether oxygens (including phenoxy) is 4. The summed E-state index contributed by atoms with van der Waals surface area (Å²) in [6.45, 7) is 1.45. The SMILES string of the molecule is COc1cc(C(=O)Oc2c(S(=O)(=O)c3ccc([N+](=O)[O-])cc3)c(C)nn2-c2ccccc2)cc(OC)c1OC. The summed E-state index contributed by atoms with van der Waals surface area (Å²) in [5.74, 6) is -0.656. The molecule has 4 rings (SSSR count). The number of non-ortho nitro benzene ring substituents is 1. The topological polar surface area (TPSA) is 149 Å². The van der Waals surface area contributed by atoms with Crippen molar-refractivity contribution in [3.63, 3.8) is 0 Å². The van der Waals surface area contributed by atoms with Crippen molar-refractivity contribution < 1.29 is 37.1 Å². The van der Waals surface area contributed by atoms with Gasteiger partial charge in [-0.05, 0) is 43.3 Å². The third-order valence-corrected chi connectivity index (χ3v) is 7.58. The van der Waals surface area contributed by atoms with Gasteiger partial charge in [0.15, 0.2) is 16.4 Å². The number of para-hydroxylation sites is 1. The summed E-state index contributed by atoms with van der Waals surface area (Å²) < 4.78 is 50.3. The summed E-state index contributed by atoms with van der Waals surface area (Å²) in [6, 6.07) is 15.6. The molecule has 0 saturated heterocycles. The number of carbonyl (C=O) groups is 1. The van der Waals surface area contributed by atoms with E-state index in [1.807, 2.05) is 0 Å². The Morgan fingerprint density at radius 1 is 0.923 bits per heavy atom. The van der Waals surface area contributed by atoms with Crippen molar-refractivity contribution >= 4 is 21.5 Å². The molecule has 3 aromatic carbocycles. The summed E-state index contributed by atoms with van der Waals surface area (Å²) in [5, 5.41) is 15.4. The Balaban J connectivity index is 1.88. The van der Waals surface area contributed by atoms with Crippen molar-refractivity contribution in [3.8, 4) is 28.8 Å². The van der Waals surface area contributed by atoms with Crippen LogP contribution in [0, 0.1) is 17.0 Å². The molecule has 0 spiro atoms. The molecule has 0 bridgehead atoms. The lowest BCUT2D eigenvalue weighted by Crippen LogP contribution is -2.15. The first-order valence-electron chi connectivity index (χ1n) is 11.3. The first kappa shape index (κ1) is 27.1. The molecule has 0 aliphatic carbocycles. The first-order valence-corrected chi connectivity index (χ1v) is 12.8. The Labute approximate surface area is 223 Å². The van der Waals surface area contributed by atoms with Crippen LogP contribution in [-0.4, -0.2) is 50.4 Å². The van der Waals surface area contributed by atoms with E-state index in [0.29, 0.717) is 5.69 Å². The van der Waals surface area contributed by atoms with Crippen LogP contribution in [0.3, 0.4) is 0 Å². The lowest BCUT2D eigenvalue weighted by Gasteiger charge is -2.14. The molecule has 4 aromatic rings. The van der Waals surface area contributed by atoms with Gasteiger partial charge >= 0.3 is 5.97 Å². The molecule has 39 heavy (non-hydrogen) atoms. The van der Waals surface area contributed by atoms with Crippen LogP contribution in [0.15, 0.2) is 76.5 Å². The zero-order valence-corrected chi connectivity index (χ0v) is 22.1.